The summed E-state index contributed by atoms with van der Waals surface area (Å²) in [5, 5.41) is 3.90. The Morgan fingerprint density at radius 2 is 1.94 bits per heavy atom. The summed E-state index contributed by atoms with van der Waals surface area (Å²) in [7, 11) is 0. The van der Waals surface area contributed by atoms with E-state index in [4.69, 9.17) is 20.8 Å². The SMILES string of the molecule is CC1=C(C(=O)OCc2ccccc2)C(c2coc3ccc(Cl)cc3c2=O)C2C(=O)CCC=C2N1. The maximum Gasteiger partial charge on any atom is 0.336 e. The third-order valence-corrected chi connectivity index (χ3v) is 6.58. The second-order valence-corrected chi connectivity index (χ2v) is 8.94. The van der Waals surface area contributed by atoms with Gasteiger partial charge in [0.2, 0.25) is 0 Å². The molecular weight excluding hydrogens is 454 g/mol. The lowest BCUT2D eigenvalue weighted by Crippen LogP contribution is -2.42. The van der Waals surface area contributed by atoms with E-state index in [0.717, 1.165) is 5.56 Å². The van der Waals surface area contributed by atoms with E-state index in [0.29, 0.717) is 40.2 Å². The van der Waals surface area contributed by atoms with Gasteiger partial charge in [0.25, 0.3) is 0 Å². The summed E-state index contributed by atoms with van der Waals surface area (Å²) >= 11 is 6.13. The number of nitrogens with one attached hydrogen (secondary N) is 1. The van der Waals surface area contributed by atoms with E-state index in [9.17, 15) is 14.4 Å². The molecule has 0 saturated carbocycles. The van der Waals surface area contributed by atoms with Crippen molar-refractivity contribution in [3.63, 3.8) is 0 Å². The van der Waals surface area contributed by atoms with Crippen LogP contribution < -0.4 is 10.7 Å². The normalized spacial score (nSPS) is 19.9. The third-order valence-electron chi connectivity index (χ3n) is 6.35. The second-order valence-electron chi connectivity index (χ2n) is 8.51. The molecule has 34 heavy (non-hydrogen) atoms. The number of carbonyl (C=O) groups is 2. The van der Waals surface area contributed by atoms with Gasteiger partial charge in [0.05, 0.1) is 23.1 Å². The molecule has 3 aromatic rings. The van der Waals surface area contributed by atoms with Gasteiger partial charge in [-0.3, -0.25) is 9.59 Å². The van der Waals surface area contributed by atoms with Gasteiger partial charge in [0.15, 0.2) is 5.43 Å². The molecule has 6 nitrogen and oxygen atoms in total. The Morgan fingerprint density at radius 1 is 1.15 bits per heavy atom. The Morgan fingerprint density at radius 3 is 2.74 bits per heavy atom. The second kappa shape index (κ2) is 8.95. The van der Waals surface area contributed by atoms with Crippen molar-refractivity contribution in [2.45, 2.75) is 32.3 Å². The van der Waals surface area contributed by atoms with E-state index >= 15 is 0 Å². The fraction of sp³-hybridized carbons (Fsp3) is 0.222. The Balaban J connectivity index is 1.63. The molecule has 2 atom stereocenters. The minimum Gasteiger partial charge on any atom is -0.464 e. The molecule has 0 saturated heterocycles. The van der Waals surface area contributed by atoms with E-state index < -0.39 is 17.8 Å². The van der Waals surface area contributed by atoms with Crippen LogP contribution in [-0.2, 0) is 20.9 Å². The number of Topliss-reactive ketones (excluding diaryl/α,β-unsaturated/α-hetero) is 1. The van der Waals surface area contributed by atoms with E-state index in [-0.39, 0.29) is 29.0 Å². The van der Waals surface area contributed by atoms with Crippen LogP contribution in [0.5, 0.6) is 0 Å². The van der Waals surface area contributed by atoms with Gasteiger partial charge in [0, 0.05) is 34.3 Å². The molecule has 0 amide bonds. The van der Waals surface area contributed by atoms with Crippen molar-refractivity contribution < 1.29 is 18.7 Å². The number of ether oxygens (including phenoxy) is 1. The van der Waals surface area contributed by atoms with Crippen LogP contribution in [0.4, 0.5) is 0 Å². The Labute approximate surface area is 200 Å². The average Bonchev–Trinajstić information content (AvgIpc) is 2.83. The van der Waals surface area contributed by atoms with Crippen LogP contribution in [0.1, 0.15) is 36.8 Å². The van der Waals surface area contributed by atoms with Crippen LogP contribution in [0, 0.1) is 5.92 Å². The summed E-state index contributed by atoms with van der Waals surface area (Å²) in [5.74, 6) is -2.15. The van der Waals surface area contributed by atoms with Gasteiger partial charge in [-0.1, -0.05) is 48.0 Å². The van der Waals surface area contributed by atoms with E-state index in [1.807, 2.05) is 36.4 Å². The number of esters is 1. The molecule has 0 spiro atoms. The van der Waals surface area contributed by atoms with Crippen molar-refractivity contribution in [3.05, 3.63) is 104 Å². The molecule has 0 fully saturated rings. The molecule has 1 aliphatic carbocycles. The molecule has 0 radical (unpaired) electrons. The number of allylic oxidation sites excluding steroid dienone is 3. The van der Waals surface area contributed by atoms with Crippen molar-refractivity contribution in [3.8, 4) is 0 Å². The molecule has 2 heterocycles. The van der Waals surface area contributed by atoms with Crippen molar-refractivity contribution >= 4 is 34.3 Å². The minimum absolute atomic E-state index is 0.0403. The fourth-order valence-electron chi connectivity index (χ4n) is 4.75. The number of hydrogen-bond donors (Lipinski definition) is 1. The molecule has 2 aromatic carbocycles. The van der Waals surface area contributed by atoms with Crippen LogP contribution in [0.3, 0.4) is 0 Å². The highest BCUT2D eigenvalue weighted by molar-refractivity contribution is 6.31. The molecule has 5 rings (SSSR count). The molecule has 0 bridgehead atoms. The molecule has 2 aliphatic rings. The summed E-state index contributed by atoms with van der Waals surface area (Å²) in [5.41, 5.74) is 2.62. The zero-order valence-corrected chi connectivity index (χ0v) is 19.2. The average molecular weight is 476 g/mol. The smallest absolute Gasteiger partial charge is 0.336 e. The van der Waals surface area contributed by atoms with Gasteiger partial charge in [-0.2, -0.15) is 0 Å². The van der Waals surface area contributed by atoms with Crippen molar-refractivity contribution in [1.29, 1.82) is 0 Å². The van der Waals surface area contributed by atoms with Gasteiger partial charge in [-0.15, -0.1) is 0 Å². The van der Waals surface area contributed by atoms with E-state index in [1.165, 1.54) is 12.3 Å². The number of hydrogen-bond acceptors (Lipinski definition) is 6. The van der Waals surface area contributed by atoms with Gasteiger partial charge in [-0.25, -0.2) is 4.79 Å². The van der Waals surface area contributed by atoms with Crippen molar-refractivity contribution in [2.24, 2.45) is 5.92 Å². The lowest BCUT2D eigenvalue weighted by Gasteiger charge is -2.37. The summed E-state index contributed by atoms with van der Waals surface area (Å²) in [6.07, 6.45) is 4.25. The van der Waals surface area contributed by atoms with Crippen LogP contribution in [0.15, 0.2) is 87.0 Å². The van der Waals surface area contributed by atoms with Crippen molar-refractivity contribution in [2.75, 3.05) is 0 Å². The largest absolute Gasteiger partial charge is 0.464 e. The van der Waals surface area contributed by atoms with Crippen LogP contribution in [-0.4, -0.2) is 11.8 Å². The van der Waals surface area contributed by atoms with Crippen molar-refractivity contribution in [1.82, 2.24) is 5.32 Å². The Bertz CT molecular complexity index is 1420. The van der Waals surface area contributed by atoms with Gasteiger partial charge in [0.1, 0.15) is 18.0 Å². The summed E-state index contributed by atoms with van der Waals surface area (Å²) < 4.78 is 11.4. The first-order chi connectivity index (χ1) is 16.4. The topological polar surface area (TPSA) is 85.6 Å². The number of benzene rings is 2. The zero-order chi connectivity index (χ0) is 23.8. The highest BCUT2D eigenvalue weighted by Gasteiger charge is 2.44. The quantitative estimate of drug-likeness (QED) is 0.534. The number of fused-ring (bicyclic) bond motifs is 2. The van der Waals surface area contributed by atoms with Crippen LogP contribution in [0.25, 0.3) is 11.0 Å². The highest BCUT2D eigenvalue weighted by atomic mass is 35.5. The Kier molecular flexibility index (Phi) is 5.84. The van der Waals surface area contributed by atoms with Crippen LogP contribution in [0.2, 0.25) is 5.02 Å². The first-order valence-electron chi connectivity index (χ1n) is 11.1. The van der Waals surface area contributed by atoms with E-state index in [1.54, 1.807) is 19.1 Å². The molecule has 7 heteroatoms. The summed E-state index contributed by atoms with van der Waals surface area (Å²) in [6, 6.07) is 14.1. The number of carbonyl (C=O) groups excluding carboxylic acids is 2. The molecule has 2 unspecified atom stereocenters. The predicted molar refractivity (Wildman–Crippen MR) is 128 cm³/mol. The highest BCUT2D eigenvalue weighted by Crippen LogP contribution is 2.43. The summed E-state index contributed by atoms with van der Waals surface area (Å²) in [6.45, 7) is 1.83. The molecular formula is C27H22ClNO5. The lowest BCUT2D eigenvalue weighted by molar-refractivity contribution is -0.141. The third kappa shape index (κ3) is 3.94. The minimum atomic E-state index is -0.830. The van der Waals surface area contributed by atoms with Gasteiger partial charge in [-0.05, 0) is 37.1 Å². The standard InChI is InChI=1S/C27H22ClNO5/c1-15-23(27(32)34-13-16-6-3-2-4-7-16)24(25-20(29-15)8-5-9-21(25)30)19-14-33-22-11-10-17(28)12-18(22)26(19)31/h2-4,6-8,10-12,14,24-25,29H,5,9,13H2,1H3. The first-order valence-corrected chi connectivity index (χ1v) is 11.4. The Hall–Kier alpha value is -3.64. The molecule has 1 N–H and O–H groups in total. The number of halogens is 1. The summed E-state index contributed by atoms with van der Waals surface area (Å²) in [4.78, 5) is 40.0. The van der Waals surface area contributed by atoms with Gasteiger partial charge >= 0.3 is 5.97 Å². The van der Waals surface area contributed by atoms with Gasteiger partial charge < -0.3 is 14.5 Å². The number of ketones is 1. The molecule has 1 aromatic heterocycles. The molecule has 1 aliphatic heterocycles. The maximum atomic E-state index is 13.6. The predicted octanol–water partition coefficient (Wildman–Crippen LogP) is 5.01. The zero-order valence-electron chi connectivity index (χ0n) is 18.5. The van der Waals surface area contributed by atoms with Crippen LogP contribution >= 0.6 is 11.6 Å². The van der Waals surface area contributed by atoms with E-state index in [2.05, 4.69) is 5.32 Å². The number of rotatable bonds is 4. The monoisotopic (exact) mass is 475 g/mol. The first kappa shape index (κ1) is 22.2. The fourth-order valence-corrected chi connectivity index (χ4v) is 4.92. The lowest BCUT2D eigenvalue weighted by atomic mass is 9.71. The molecule has 172 valence electrons. The maximum absolute atomic E-state index is 13.6.